The van der Waals surface area contributed by atoms with E-state index < -0.39 is 0 Å². The van der Waals surface area contributed by atoms with Crippen LogP contribution in [0.4, 0.5) is 0 Å². The fourth-order valence-corrected chi connectivity index (χ4v) is 5.02. The van der Waals surface area contributed by atoms with Gasteiger partial charge in [-0.15, -0.1) is 23.5 Å². The molecule has 0 aromatic carbocycles. The highest BCUT2D eigenvalue weighted by Crippen LogP contribution is 2.37. The van der Waals surface area contributed by atoms with Crippen LogP contribution in [0.2, 0.25) is 0 Å². The Morgan fingerprint density at radius 1 is 1.14 bits per heavy atom. The normalized spacial score (nSPS) is 21.0. The summed E-state index contributed by atoms with van der Waals surface area (Å²) in [5.41, 5.74) is 0. The maximum atomic E-state index is 2.45. The zero-order valence-corrected chi connectivity index (χ0v) is 11.3. The SMILES string of the molecule is CCCCCC[C@H](C)C1SCCCS1. The predicted molar refractivity (Wildman–Crippen MR) is 71.2 cm³/mol. The molecule has 0 aromatic rings. The van der Waals surface area contributed by atoms with E-state index in [0.29, 0.717) is 0 Å². The summed E-state index contributed by atoms with van der Waals surface area (Å²) in [5, 5.41) is 0. The molecule has 0 nitrogen and oxygen atoms in total. The summed E-state index contributed by atoms with van der Waals surface area (Å²) < 4.78 is 0.908. The van der Waals surface area contributed by atoms with Crippen LogP contribution in [0.1, 0.15) is 52.4 Å². The summed E-state index contributed by atoms with van der Waals surface area (Å²) in [5.74, 6) is 3.73. The summed E-state index contributed by atoms with van der Waals surface area (Å²) in [7, 11) is 0. The summed E-state index contributed by atoms with van der Waals surface area (Å²) in [4.78, 5) is 0. The molecule has 1 aliphatic heterocycles. The third kappa shape index (κ3) is 4.97. The molecule has 1 saturated heterocycles. The van der Waals surface area contributed by atoms with E-state index in [1.165, 1.54) is 50.0 Å². The van der Waals surface area contributed by atoms with Crippen molar-refractivity contribution in [2.75, 3.05) is 11.5 Å². The van der Waals surface area contributed by atoms with E-state index in [4.69, 9.17) is 0 Å². The Morgan fingerprint density at radius 2 is 1.86 bits per heavy atom. The van der Waals surface area contributed by atoms with Gasteiger partial charge in [0.25, 0.3) is 0 Å². The number of hydrogen-bond donors (Lipinski definition) is 0. The van der Waals surface area contributed by atoms with Crippen molar-refractivity contribution in [2.45, 2.75) is 57.0 Å². The second-order valence-electron chi connectivity index (χ2n) is 4.29. The molecule has 1 heterocycles. The quantitative estimate of drug-likeness (QED) is 0.604. The molecule has 0 unspecified atom stereocenters. The van der Waals surface area contributed by atoms with E-state index in [1.807, 2.05) is 0 Å². The van der Waals surface area contributed by atoms with Gasteiger partial charge in [-0.3, -0.25) is 0 Å². The van der Waals surface area contributed by atoms with Crippen molar-refractivity contribution in [3.63, 3.8) is 0 Å². The van der Waals surface area contributed by atoms with Crippen LogP contribution in [-0.2, 0) is 0 Å². The summed E-state index contributed by atoms with van der Waals surface area (Å²) in [6.07, 6.45) is 8.56. The second-order valence-corrected chi connectivity index (χ2v) is 7.09. The highest BCUT2D eigenvalue weighted by molar-refractivity contribution is 8.17. The first-order valence-electron chi connectivity index (χ1n) is 6.07. The molecule has 0 amide bonds. The van der Waals surface area contributed by atoms with Gasteiger partial charge in [0.2, 0.25) is 0 Å². The first kappa shape index (κ1) is 12.8. The molecule has 0 spiro atoms. The summed E-state index contributed by atoms with van der Waals surface area (Å²) in [6.45, 7) is 4.73. The molecule has 14 heavy (non-hydrogen) atoms. The molecule has 1 rings (SSSR count). The smallest absolute Gasteiger partial charge is 0.0527 e. The Labute approximate surface area is 98.0 Å². The van der Waals surface area contributed by atoms with Gasteiger partial charge in [0.15, 0.2) is 0 Å². The molecule has 2 heteroatoms. The Kier molecular flexibility index (Phi) is 7.23. The van der Waals surface area contributed by atoms with Crippen LogP contribution < -0.4 is 0 Å². The van der Waals surface area contributed by atoms with Crippen molar-refractivity contribution in [2.24, 2.45) is 5.92 Å². The van der Waals surface area contributed by atoms with Gasteiger partial charge in [0, 0.05) is 0 Å². The van der Waals surface area contributed by atoms with Crippen molar-refractivity contribution < 1.29 is 0 Å². The van der Waals surface area contributed by atoms with E-state index in [0.717, 1.165) is 10.5 Å². The molecule has 0 bridgehead atoms. The molecule has 0 radical (unpaired) electrons. The van der Waals surface area contributed by atoms with Crippen LogP contribution in [-0.4, -0.2) is 16.1 Å². The van der Waals surface area contributed by atoms with Gasteiger partial charge in [-0.25, -0.2) is 0 Å². The fourth-order valence-electron chi connectivity index (χ4n) is 1.86. The van der Waals surface area contributed by atoms with E-state index in [9.17, 15) is 0 Å². The Balaban J connectivity index is 2.04. The molecule has 0 saturated carbocycles. The monoisotopic (exact) mass is 232 g/mol. The zero-order chi connectivity index (χ0) is 10.2. The Hall–Kier alpha value is 0.700. The third-order valence-corrected chi connectivity index (χ3v) is 6.28. The van der Waals surface area contributed by atoms with Gasteiger partial charge in [0.05, 0.1) is 4.58 Å². The van der Waals surface area contributed by atoms with Crippen LogP contribution >= 0.6 is 23.5 Å². The Bertz CT molecular complexity index is 130. The van der Waals surface area contributed by atoms with Crippen LogP contribution in [0.3, 0.4) is 0 Å². The second kappa shape index (κ2) is 7.92. The fraction of sp³-hybridized carbons (Fsp3) is 1.00. The zero-order valence-electron chi connectivity index (χ0n) is 9.63. The predicted octanol–water partition coefficient (Wildman–Crippen LogP) is 4.79. The van der Waals surface area contributed by atoms with Crippen LogP contribution in [0.15, 0.2) is 0 Å². The molecular formula is C12H24S2. The standard InChI is InChI=1S/C12H24S2/c1-3-4-5-6-8-11(2)12-13-9-7-10-14-12/h11-12H,3-10H2,1-2H3/t11-/m0/s1. The summed E-state index contributed by atoms with van der Waals surface area (Å²) >= 11 is 4.40. The molecule has 0 N–H and O–H groups in total. The molecule has 1 atom stereocenters. The van der Waals surface area contributed by atoms with E-state index in [-0.39, 0.29) is 0 Å². The highest BCUT2D eigenvalue weighted by Gasteiger charge is 2.20. The van der Waals surface area contributed by atoms with Gasteiger partial charge in [0.1, 0.15) is 0 Å². The minimum absolute atomic E-state index is 0.908. The molecule has 1 aliphatic rings. The minimum Gasteiger partial charge on any atom is -0.147 e. The Morgan fingerprint density at radius 3 is 2.50 bits per heavy atom. The highest BCUT2D eigenvalue weighted by atomic mass is 32.2. The van der Waals surface area contributed by atoms with Gasteiger partial charge < -0.3 is 0 Å². The van der Waals surface area contributed by atoms with E-state index in [2.05, 4.69) is 37.4 Å². The lowest BCUT2D eigenvalue weighted by molar-refractivity contribution is 0.518. The van der Waals surface area contributed by atoms with Gasteiger partial charge >= 0.3 is 0 Å². The van der Waals surface area contributed by atoms with Crippen molar-refractivity contribution >= 4 is 23.5 Å². The van der Waals surface area contributed by atoms with Crippen molar-refractivity contribution in [1.29, 1.82) is 0 Å². The molecule has 0 aliphatic carbocycles. The maximum absolute atomic E-state index is 2.45. The largest absolute Gasteiger partial charge is 0.147 e. The maximum Gasteiger partial charge on any atom is 0.0527 e. The van der Waals surface area contributed by atoms with Gasteiger partial charge in [-0.2, -0.15) is 0 Å². The number of thioether (sulfide) groups is 2. The molecule has 0 aromatic heterocycles. The minimum atomic E-state index is 0.908. The van der Waals surface area contributed by atoms with E-state index in [1.54, 1.807) is 0 Å². The van der Waals surface area contributed by atoms with Crippen LogP contribution in [0.25, 0.3) is 0 Å². The van der Waals surface area contributed by atoms with E-state index >= 15 is 0 Å². The topological polar surface area (TPSA) is 0 Å². The molecular weight excluding hydrogens is 208 g/mol. The number of hydrogen-bond acceptors (Lipinski definition) is 2. The van der Waals surface area contributed by atoms with Crippen molar-refractivity contribution in [1.82, 2.24) is 0 Å². The first-order chi connectivity index (χ1) is 6.84. The van der Waals surface area contributed by atoms with Crippen LogP contribution in [0, 0.1) is 5.92 Å². The van der Waals surface area contributed by atoms with Gasteiger partial charge in [-0.05, 0) is 30.3 Å². The lowest BCUT2D eigenvalue weighted by atomic mass is 10.0. The average Bonchev–Trinajstić information content (AvgIpc) is 2.25. The number of unbranched alkanes of at least 4 members (excludes halogenated alkanes) is 3. The summed E-state index contributed by atoms with van der Waals surface area (Å²) in [6, 6.07) is 0. The first-order valence-corrected chi connectivity index (χ1v) is 8.17. The van der Waals surface area contributed by atoms with Crippen molar-refractivity contribution in [3.05, 3.63) is 0 Å². The molecule has 84 valence electrons. The molecule has 1 fully saturated rings. The van der Waals surface area contributed by atoms with Crippen LogP contribution in [0.5, 0.6) is 0 Å². The lowest BCUT2D eigenvalue weighted by Gasteiger charge is -2.26. The lowest BCUT2D eigenvalue weighted by Crippen LogP contribution is -2.15. The van der Waals surface area contributed by atoms with Gasteiger partial charge in [-0.1, -0.05) is 39.5 Å². The average molecular weight is 232 g/mol. The third-order valence-electron chi connectivity index (χ3n) is 2.83. The van der Waals surface area contributed by atoms with Crippen molar-refractivity contribution in [3.8, 4) is 0 Å². The number of rotatable bonds is 6.